The summed E-state index contributed by atoms with van der Waals surface area (Å²) in [6.07, 6.45) is 5.75. The van der Waals surface area contributed by atoms with Crippen LogP contribution in [0.5, 0.6) is 0 Å². The molecule has 2 aliphatic rings. The number of rotatable bonds is 5. The smallest absolute Gasteiger partial charge is 0.236 e. The quantitative estimate of drug-likeness (QED) is 0.895. The van der Waals surface area contributed by atoms with Gasteiger partial charge in [0.1, 0.15) is 0 Å². The van der Waals surface area contributed by atoms with Crippen LogP contribution in [0.2, 0.25) is 0 Å². The third-order valence-corrected chi connectivity index (χ3v) is 5.38. The lowest BCUT2D eigenvalue weighted by Gasteiger charge is -2.35. The number of aliphatic hydroxyl groups is 1. The average molecular weight is 317 g/mol. The van der Waals surface area contributed by atoms with Crippen LogP contribution in [0.25, 0.3) is 0 Å². The zero-order valence-electron chi connectivity index (χ0n) is 14.3. The fourth-order valence-corrected chi connectivity index (χ4v) is 3.78. The predicted molar refractivity (Wildman–Crippen MR) is 88.6 cm³/mol. The molecule has 0 radical (unpaired) electrons. The van der Waals surface area contributed by atoms with Crippen molar-refractivity contribution < 1.29 is 9.90 Å². The SMILES string of the molecule is CN(CC(=O)N1CC(C)(C)[C@](O)(C2CC2)C1)Cc1cccnc1. The van der Waals surface area contributed by atoms with Gasteiger partial charge in [0.25, 0.3) is 0 Å². The minimum atomic E-state index is -0.718. The van der Waals surface area contributed by atoms with Gasteiger partial charge < -0.3 is 10.0 Å². The summed E-state index contributed by atoms with van der Waals surface area (Å²) in [5.74, 6) is 0.462. The summed E-state index contributed by atoms with van der Waals surface area (Å²) >= 11 is 0. The van der Waals surface area contributed by atoms with Gasteiger partial charge in [-0.15, -0.1) is 0 Å². The molecule has 5 heteroatoms. The first-order chi connectivity index (χ1) is 10.8. The molecule has 2 heterocycles. The summed E-state index contributed by atoms with van der Waals surface area (Å²) in [7, 11) is 1.94. The maximum atomic E-state index is 12.6. The first-order valence-corrected chi connectivity index (χ1v) is 8.39. The van der Waals surface area contributed by atoms with Crippen molar-refractivity contribution in [3.8, 4) is 0 Å². The van der Waals surface area contributed by atoms with Crippen molar-refractivity contribution in [2.75, 3.05) is 26.7 Å². The highest BCUT2D eigenvalue weighted by atomic mass is 16.3. The Hall–Kier alpha value is -1.46. The lowest BCUT2D eigenvalue weighted by Crippen LogP contribution is -2.46. The molecular weight excluding hydrogens is 290 g/mol. The van der Waals surface area contributed by atoms with Crippen molar-refractivity contribution in [2.24, 2.45) is 11.3 Å². The monoisotopic (exact) mass is 317 g/mol. The Morgan fingerprint density at radius 1 is 1.43 bits per heavy atom. The lowest BCUT2D eigenvalue weighted by molar-refractivity contribution is -0.132. The number of aromatic nitrogens is 1. The second-order valence-electron chi connectivity index (χ2n) is 7.87. The van der Waals surface area contributed by atoms with E-state index >= 15 is 0 Å². The Bertz CT molecular complexity index is 571. The maximum absolute atomic E-state index is 12.6. The molecule has 1 aromatic heterocycles. The maximum Gasteiger partial charge on any atom is 0.236 e. The number of hydrogen-bond acceptors (Lipinski definition) is 4. The topological polar surface area (TPSA) is 56.7 Å². The van der Waals surface area contributed by atoms with Gasteiger partial charge >= 0.3 is 0 Å². The van der Waals surface area contributed by atoms with Crippen LogP contribution in [0.4, 0.5) is 0 Å². The summed E-state index contributed by atoms with van der Waals surface area (Å²) in [6, 6.07) is 3.92. The normalized spacial score (nSPS) is 26.7. The van der Waals surface area contributed by atoms with Crippen molar-refractivity contribution in [3.05, 3.63) is 30.1 Å². The fraction of sp³-hybridized carbons (Fsp3) is 0.667. The number of carbonyl (C=O) groups is 1. The Morgan fingerprint density at radius 2 is 2.17 bits per heavy atom. The second-order valence-corrected chi connectivity index (χ2v) is 7.87. The fourth-order valence-electron chi connectivity index (χ4n) is 3.78. The van der Waals surface area contributed by atoms with Gasteiger partial charge in [-0.2, -0.15) is 0 Å². The van der Waals surface area contributed by atoms with E-state index in [1.807, 2.05) is 35.2 Å². The standard InChI is InChI=1S/C18H27N3O2/c1-17(2)12-21(13-18(17,23)15-6-7-15)16(22)11-20(3)10-14-5-4-8-19-9-14/h4-5,8-9,15,23H,6-7,10-13H2,1-3H3/t18-/m1/s1. The number of β-amino-alcohol motifs (C(OH)–C–C–N with tert-alkyl or cyclic N) is 1. The number of pyridine rings is 1. The van der Waals surface area contributed by atoms with Crippen molar-refractivity contribution in [1.82, 2.24) is 14.8 Å². The highest BCUT2D eigenvalue weighted by molar-refractivity contribution is 5.79. The molecule has 23 heavy (non-hydrogen) atoms. The minimum Gasteiger partial charge on any atom is -0.387 e. The van der Waals surface area contributed by atoms with Gasteiger partial charge in [-0.1, -0.05) is 19.9 Å². The van der Waals surface area contributed by atoms with E-state index in [0.717, 1.165) is 18.4 Å². The molecule has 1 amide bonds. The third-order valence-electron chi connectivity index (χ3n) is 5.38. The van der Waals surface area contributed by atoms with Crippen LogP contribution in [0, 0.1) is 11.3 Å². The van der Waals surface area contributed by atoms with E-state index < -0.39 is 5.60 Å². The van der Waals surface area contributed by atoms with E-state index in [9.17, 15) is 9.90 Å². The molecule has 1 aromatic rings. The van der Waals surface area contributed by atoms with E-state index in [1.165, 1.54) is 0 Å². The first-order valence-electron chi connectivity index (χ1n) is 8.39. The molecule has 0 aromatic carbocycles. The summed E-state index contributed by atoms with van der Waals surface area (Å²) in [5, 5.41) is 11.0. The largest absolute Gasteiger partial charge is 0.387 e. The molecular formula is C18H27N3O2. The summed E-state index contributed by atoms with van der Waals surface area (Å²) < 4.78 is 0. The Labute approximate surface area is 138 Å². The summed E-state index contributed by atoms with van der Waals surface area (Å²) in [4.78, 5) is 20.6. The number of amides is 1. The van der Waals surface area contributed by atoms with E-state index in [-0.39, 0.29) is 11.3 Å². The average Bonchev–Trinajstić information content (AvgIpc) is 3.28. The van der Waals surface area contributed by atoms with Crippen molar-refractivity contribution in [3.63, 3.8) is 0 Å². The number of nitrogens with zero attached hydrogens (tertiary/aromatic N) is 3. The molecule has 1 aliphatic heterocycles. The second kappa shape index (κ2) is 5.87. The van der Waals surface area contributed by atoms with Gasteiger partial charge in [0, 0.05) is 30.9 Å². The summed E-state index contributed by atoms with van der Waals surface area (Å²) in [6.45, 7) is 6.34. The van der Waals surface area contributed by atoms with E-state index in [1.54, 1.807) is 6.20 Å². The molecule has 0 unspecified atom stereocenters. The van der Waals surface area contributed by atoms with Crippen LogP contribution < -0.4 is 0 Å². The van der Waals surface area contributed by atoms with Gasteiger partial charge in [-0.25, -0.2) is 0 Å². The molecule has 1 saturated carbocycles. The van der Waals surface area contributed by atoms with Gasteiger partial charge in [0.2, 0.25) is 5.91 Å². The molecule has 1 atom stereocenters. The molecule has 1 saturated heterocycles. The zero-order chi connectivity index (χ0) is 16.7. The molecule has 5 nitrogen and oxygen atoms in total. The van der Waals surface area contributed by atoms with E-state index in [4.69, 9.17) is 0 Å². The lowest BCUT2D eigenvalue weighted by atomic mass is 9.75. The summed E-state index contributed by atoms with van der Waals surface area (Å²) in [5.41, 5.74) is 0.148. The molecule has 1 N–H and O–H groups in total. The van der Waals surface area contributed by atoms with Gasteiger partial charge in [-0.3, -0.25) is 14.7 Å². The Morgan fingerprint density at radius 3 is 2.78 bits per heavy atom. The van der Waals surface area contributed by atoms with Gasteiger partial charge in [0.05, 0.1) is 18.7 Å². The van der Waals surface area contributed by atoms with Crippen molar-refractivity contribution in [2.45, 2.75) is 38.8 Å². The zero-order valence-corrected chi connectivity index (χ0v) is 14.3. The number of likely N-dealkylation sites (tertiary alicyclic amines) is 1. The number of hydrogen-bond donors (Lipinski definition) is 1. The molecule has 1 aliphatic carbocycles. The van der Waals surface area contributed by atoms with Crippen LogP contribution in [0.1, 0.15) is 32.3 Å². The Balaban J connectivity index is 1.58. The van der Waals surface area contributed by atoms with Gasteiger partial charge in [0.15, 0.2) is 0 Å². The van der Waals surface area contributed by atoms with Crippen LogP contribution in [-0.4, -0.2) is 58.1 Å². The van der Waals surface area contributed by atoms with Crippen LogP contribution in [0.3, 0.4) is 0 Å². The minimum absolute atomic E-state index is 0.0982. The van der Waals surface area contributed by atoms with Crippen molar-refractivity contribution in [1.29, 1.82) is 0 Å². The molecule has 3 rings (SSSR count). The molecule has 126 valence electrons. The van der Waals surface area contributed by atoms with E-state index in [0.29, 0.717) is 32.1 Å². The van der Waals surface area contributed by atoms with Crippen molar-refractivity contribution >= 4 is 5.91 Å². The Kier molecular flexibility index (Phi) is 4.19. The predicted octanol–water partition coefficient (Wildman–Crippen LogP) is 1.52. The molecule has 0 bridgehead atoms. The van der Waals surface area contributed by atoms with Gasteiger partial charge in [-0.05, 0) is 37.4 Å². The van der Waals surface area contributed by atoms with Crippen LogP contribution in [0.15, 0.2) is 24.5 Å². The number of likely N-dealkylation sites (N-methyl/N-ethyl adjacent to an activating group) is 1. The highest BCUT2D eigenvalue weighted by Crippen LogP contribution is 2.52. The highest BCUT2D eigenvalue weighted by Gasteiger charge is 2.59. The molecule has 0 spiro atoms. The third kappa shape index (κ3) is 3.26. The number of carbonyl (C=O) groups excluding carboxylic acids is 1. The first kappa shape index (κ1) is 16.4. The van der Waals surface area contributed by atoms with Crippen LogP contribution >= 0.6 is 0 Å². The molecule has 2 fully saturated rings. The van der Waals surface area contributed by atoms with E-state index in [2.05, 4.69) is 18.8 Å². The van der Waals surface area contributed by atoms with Crippen LogP contribution in [-0.2, 0) is 11.3 Å².